The predicted molar refractivity (Wildman–Crippen MR) is 107 cm³/mol. The highest BCUT2D eigenvalue weighted by Gasteiger charge is 2.25. The van der Waals surface area contributed by atoms with Gasteiger partial charge in [0.25, 0.3) is 0 Å². The van der Waals surface area contributed by atoms with Crippen molar-refractivity contribution in [1.82, 2.24) is 10.6 Å². The molecule has 0 saturated heterocycles. The predicted octanol–water partition coefficient (Wildman–Crippen LogP) is 4.35. The molecule has 4 nitrogen and oxygen atoms in total. The molecule has 0 aliphatic carbocycles. The number of thioether (sulfide) groups is 1. The fourth-order valence-corrected chi connectivity index (χ4v) is 3.94. The number of rotatable bonds is 8. The van der Waals surface area contributed by atoms with E-state index in [1.54, 1.807) is 18.9 Å². The van der Waals surface area contributed by atoms with Crippen molar-refractivity contribution in [3.63, 3.8) is 0 Å². The summed E-state index contributed by atoms with van der Waals surface area (Å²) < 4.78 is 11.2. The molecule has 0 saturated carbocycles. The van der Waals surface area contributed by atoms with Gasteiger partial charge in [0.05, 0.1) is 25.4 Å². The third-order valence-corrected chi connectivity index (χ3v) is 5.15. The zero-order chi connectivity index (χ0) is 18.4. The summed E-state index contributed by atoms with van der Waals surface area (Å²) in [5, 5.41) is 8.28. The van der Waals surface area contributed by atoms with E-state index in [1.807, 2.05) is 30.3 Å². The molecule has 2 N–H and O–H groups in total. The number of ether oxygens (including phenoxy) is 2. The number of benzene rings is 2. The smallest absolute Gasteiger partial charge is 0.121 e. The van der Waals surface area contributed by atoms with E-state index in [0.29, 0.717) is 19.1 Å². The lowest BCUT2D eigenvalue weighted by atomic mass is 10.1. The largest absolute Gasteiger partial charge is 0.497 e. The molecule has 1 aliphatic rings. The standard InChI is InChI=1S/C21H26N2O2S/c1-15(2)20-21(26-18-11-7-10-17(12-18)24-3)23-19(22-20)14-25-13-16-8-5-4-6-9-16/h4-12,15,19,22-23H,13-14H2,1-3H3. The third-order valence-electron chi connectivity index (χ3n) is 4.11. The van der Waals surface area contributed by atoms with Crippen molar-refractivity contribution in [2.24, 2.45) is 5.92 Å². The average molecular weight is 371 g/mol. The molecule has 1 aliphatic heterocycles. The fourth-order valence-electron chi connectivity index (χ4n) is 2.77. The summed E-state index contributed by atoms with van der Waals surface area (Å²) in [5.74, 6) is 1.28. The van der Waals surface area contributed by atoms with Crippen LogP contribution >= 0.6 is 11.8 Å². The number of nitrogens with one attached hydrogen (secondary N) is 2. The summed E-state index contributed by atoms with van der Waals surface area (Å²) in [4.78, 5) is 1.15. The summed E-state index contributed by atoms with van der Waals surface area (Å²) in [6.07, 6.45) is 0.0872. The number of methoxy groups -OCH3 is 1. The molecule has 1 heterocycles. The van der Waals surface area contributed by atoms with Crippen molar-refractivity contribution in [3.05, 3.63) is 70.9 Å². The van der Waals surface area contributed by atoms with Crippen LogP contribution in [0.1, 0.15) is 19.4 Å². The van der Waals surface area contributed by atoms with Gasteiger partial charge in [0.15, 0.2) is 0 Å². The molecule has 26 heavy (non-hydrogen) atoms. The second-order valence-corrected chi connectivity index (χ2v) is 7.60. The molecule has 0 aromatic heterocycles. The van der Waals surface area contributed by atoms with Crippen LogP contribution in [-0.4, -0.2) is 19.9 Å². The van der Waals surface area contributed by atoms with Crippen molar-refractivity contribution in [3.8, 4) is 5.75 Å². The summed E-state index contributed by atoms with van der Waals surface area (Å²) in [6, 6.07) is 18.4. The maximum Gasteiger partial charge on any atom is 0.121 e. The summed E-state index contributed by atoms with van der Waals surface area (Å²) >= 11 is 1.72. The quantitative estimate of drug-likeness (QED) is 0.723. The first-order chi connectivity index (χ1) is 12.7. The fraction of sp³-hybridized carbons (Fsp3) is 0.333. The van der Waals surface area contributed by atoms with Crippen LogP contribution in [-0.2, 0) is 11.3 Å². The Morgan fingerprint density at radius 3 is 2.58 bits per heavy atom. The van der Waals surface area contributed by atoms with Gasteiger partial charge < -0.3 is 20.1 Å². The molecule has 0 spiro atoms. The second kappa shape index (κ2) is 9.01. The van der Waals surface area contributed by atoms with E-state index in [-0.39, 0.29) is 6.17 Å². The Hall–Kier alpha value is -2.11. The van der Waals surface area contributed by atoms with Crippen molar-refractivity contribution < 1.29 is 9.47 Å². The van der Waals surface area contributed by atoms with E-state index in [1.165, 1.54) is 11.3 Å². The zero-order valence-corrected chi connectivity index (χ0v) is 16.3. The first kappa shape index (κ1) is 18.7. The molecule has 0 radical (unpaired) electrons. The number of hydrogen-bond donors (Lipinski definition) is 2. The van der Waals surface area contributed by atoms with Gasteiger partial charge in [0.2, 0.25) is 0 Å². The Bertz CT molecular complexity index is 747. The van der Waals surface area contributed by atoms with Crippen molar-refractivity contribution >= 4 is 11.8 Å². The van der Waals surface area contributed by atoms with Gasteiger partial charge in [-0.3, -0.25) is 0 Å². The second-order valence-electron chi connectivity index (χ2n) is 6.52. The minimum absolute atomic E-state index is 0.0872. The Balaban J connectivity index is 1.58. The van der Waals surface area contributed by atoms with Crippen molar-refractivity contribution in [2.75, 3.05) is 13.7 Å². The van der Waals surface area contributed by atoms with Crippen LogP contribution in [0.25, 0.3) is 0 Å². The summed E-state index contributed by atoms with van der Waals surface area (Å²) in [7, 11) is 1.69. The lowest BCUT2D eigenvalue weighted by molar-refractivity contribution is 0.0984. The molecule has 0 fully saturated rings. The average Bonchev–Trinajstić information content (AvgIpc) is 3.05. The van der Waals surface area contributed by atoms with Gasteiger partial charge in [-0.25, -0.2) is 0 Å². The molecule has 0 bridgehead atoms. The molecule has 2 aromatic rings. The van der Waals surface area contributed by atoms with E-state index < -0.39 is 0 Å². The number of hydrogen-bond acceptors (Lipinski definition) is 5. The molecule has 5 heteroatoms. The van der Waals surface area contributed by atoms with Crippen LogP contribution in [0.5, 0.6) is 5.75 Å². The Morgan fingerprint density at radius 2 is 1.85 bits per heavy atom. The van der Waals surface area contributed by atoms with Crippen LogP contribution in [0.2, 0.25) is 0 Å². The first-order valence-electron chi connectivity index (χ1n) is 8.86. The Labute approximate surface area is 160 Å². The van der Waals surface area contributed by atoms with Crippen molar-refractivity contribution in [1.29, 1.82) is 0 Å². The molecule has 0 amide bonds. The van der Waals surface area contributed by atoms with Crippen molar-refractivity contribution in [2.45, 2.75) is 31.5 Å². The van der Waals surface area contributed by atoms with E-state index in [4.69, 9.17) is 9.47 Å². The third kappa shape index (κ3) is 4.96. The van der Waals surface area contributed by atoms with Crippen LogP contribution in [0.4, 0.5) is 0 Å². The molecular weight excluding hydrogens is 344 g/mol. The summed E-state index contributed by atoms with van der Waals surface area (Å²) in [6.45, 7) is 5.62. The molecule has 2 aromatic carbocycles. The van der Waals surface area contributed by atoms with Crippen LogP contribution in [0, 0.1) is 5.92 Å². The van der Waals surface area contributed by atoms with Gasteiger partial charge in [-0.2, -0.15) is 0 Å². The molecule has 1 unspecified atom stereocenters. The number of allylic oxidation sites excluding steroid dienone is 1. The molecule has 3 rings (SSSR count). The van der Waals surface area contributed by atoms with Gasteiger partial charge >= 0.3 is 0 Å². The van der Waals surface area contributed by atoms with E-state index in [2.05, 4.69) is 48.7 Å². The van der Waals surface area contributed by atoms with Gasteiger partial charge in [-0.15, -0.1) is 0 Å². The SMILES string of the molecule is COc1cccc(SC2=C(C(C)C)NC(COCc3ccccc3)N2)c1. The molecule has 1 atom stereocenters. The van der Waals surface area contributed by atoms with E-state index >= 15 is 0 Å². The Kier molecular flexibility index (Phi) is 6.47. The van der Waals surface area contributed by atoms with Gasteiger partial charge in [-0.05, 0) is 29.7 Å². The van der Waals surface area contributed by atoms with Gasteiger partial charge in [0, 0.05) is 10.6 Å². The molecule has 138 valence electrons. The maximum absolute atomic E-state index is 5.89. The molecular formula is C21H26N2O2S. The highest BCUT2D eigenvalue weighted by molar-refractivity contribution is 8.03. The van der Waals surface area contributed by atoms with Crippen LogP contribution in [0.15, 0.2) is 70.2 Å². The highest BCUT2D eigenvalue weighted by Crippen LogP contribution is 2.33. The van der Waals surface area contributed by atoms with Gasteiger partial charge in [0.1, 0.15) is 11.9 Å². The van der Waals surface area contributed by atoms with E-state index in [0.717, 1.165) is 15.7 Å². The lowest BCUT2D eigenvalue weighted by Gasteiger charge is -2.15. The summed E-state index contributed by atoms with van der Waals surface area (Å²) in [5.41, 5.74) is 2.42. The van der Waals surface area contributed by atoms with Crippen LogP contribution in [0.3, 0.4) is 0 Å². The minimum Gasteiger partial charge on any atom is -0.497 e. The maximum atomic E-state index is 5.89. The zero-order valence-electron chi connectivity index (χ0n) is 15.5. The lowest BCUT2D eigenvalue weighted by Crippen LogP contribution is -2.37. The first-order valence-corrected chi connectivity index (χ1v) is 9.68. The van der Waals surface area contributed by atoms with E-state index in [9.17, 15) is 0 Å². The highest BCUT2D eigenvalue weighted by atomic mass is 32.2. The monoisotopic (exact) mass is 370 g/mol. The Morgan fingerprint density at radius 1 is 1.04 bits per heavy atom. The topological polar surface area (TPSA) is 42.5 Å². The normalized spacial score (nSPS) is 16.5. The van der Waals surface area contributed by atoms with Crippen LogP contribution < -0.4 is 15.4 Å². The minimum atomic E-state index is 0.0872. The van der Waals surface area contributed by atoms with Gasteiger partial charge in [-0.1, -0.05) is 62.0 Å².